The zero-order chi connectivity index (χ0) is 19.3. The number of phenols is 1. The zero-order valence-corrected chi connectivity index (χ0v) is 15.4. The molecule has 2 aliphatic rings. The Hall–Kier alpha value is -3.28. The molecule has 0 saturated heterocycles. The fraction of sp³-hybridized carbons (Fsp3) is 0.273. The molecule has 1 saturated carbocycles. The first-order valence-electron chi connectivity index (χ1n) is 9.45. The standard InChI is InChI=1S/C22H20N2O4/c1-12-21(22(26)24-13-2-3-13)17-7-5-15(11-20(17)27-12)28-19-8-9-23-18-10-14(25)4-6-16(18)19/h4-13,21,25H,2-3H2,1H3,(H,24,26). The zero-order valence-electron chi connectivity index (χ0n) is 15.4. The number of benzene rings is 2. The van der Waals surface area contributed by atoms with E-state index < -0.39 is 0 Å². The lowest BCUT2D eigenvalue weighted by Gasteiger charge is -2.14. The maximum absolute atomic E-state index is 12.6. The van der Waals surface area contributed by atoms with Crippen molar-refractivity contribution < 1.29 is 19.4 Å². The van der Waals surface area contributed by atoms with Crippen LogP contribution in [0.2, 0.25) is 0 Å². The van der Waals surface area contributed by atoms with Gasteiger partial charge in [-0.15, -0.1) is 0 Å². The molecule has 1 aliphatic carbocycles. The van der Waals surface area contributed by atoms with E-state index in [1.54, 1.807) is 30.5 Å². The summed E-state index contributed by atoms with van der Waals surface area (Å²) in [6, 6.07) is 12.7. The van der Waals surface area contributed by atoms with Crippen molar-refractivity contribution in [3.8, 4) is 23.0 Å². The predicted octanol–water partition coefficient (Wildman–Crippen LogP) is 3.88. The number of carbonyl (C=O) groups excluding carboxylic acids is 1. The lowest BCUT2D eigenvalue weighted by atomic mass is 9.95. The van der Waals surface area contributed by atoms with Gasteiger partial charge in [-0.2, -0.15) is 0 Å². The number of hydrogen-bond acceptors (Lipinski definition) is 5. The Balaban J connectivity index is 1.43. The molecule has 2 aromatic carbocycles. The maximum Gasteiger partial charge on any atom is 0.231 e. The van der Waals surface area contributed by atoms with Gasteiger partial charge in [-0.1, -0.05) is 6.07 Å². The van der Waals surface area contributed by atoms with Crippen LogP contribution in [0.4, 0.5) is 0 Å². The molecule has 0 radical (unpaired) electrons. The Kier molecular flexibility index (Phi) is 3.86. The van der Waals surface area contributed by atoms with Crippen molar-refractivity contribution >= 4 is 16.8 Å². The van der Waals surface area contributed by atoms with E-state index in [-0.39, 0.29) is 23.7 Å². The summed E-state index contributed by atoms with van der Waals surface area (Å²) in [5.74, 6) is 1.83. The molecule has 5 rings (SSSR count). The second kappa shape index (κ2) is 6.41. The van der Waals surface area contributed by atoms with E-state index >= 15 is 0 Å². The molecule has 2 N–H and O–H groups in total. The molecular formula is C22H20N2O4. The number of amides is 1. The number of nitrogens with one attached hydrogen (secondary N) is 1. The highest BCUT2D eigenvalue weighted by atomic mass is 16.5. The summed E-state index contributed by atoms with van der Waals surface area (Å²) >= 11 is 0. The first-order valence-corrected chi connectivity index (χ1v) is 9.45. The van der Waals surface area contributed by atoms with E-state index in [4.69, 9.17) is 9.47 Å². The fourth-order valence-corrected chi connectivity index (χ4v) is 3.66. The molecule has 0 bridgehead atoms. The quantitative estimate of drug-likeness (QED) is 0.722. The first kappa shape index (κ1) is 16.9. The van der Waals surface area contributed by atoms with Crippen molar-refractivity contribution in [2.75, 3.05) is 0 Å². The number of ether oxygens (including phenoxy) is 2. The topological polar surface area (TPSA) is 80.7 Å². The van der Waals surface area contributed by atoms with Gasteiger partial charge in [0, 0.05) is 35.3 Å². The van der Waals surface area contributed by atoms with E-state index in [0.717, 1.165) is 23.8 Å². The molecule has 1 amide bonds. The first-order chi connectivity index (χ1) is 13.6. The third-order valence-corrected chi connectivity index (χ3v) is 5.22. The Morgan fingerprint density at radius 3 is 2.89 bits per heavy atom. The number of nitrogens with zero attached hydrogens (tertiary/aromatic N) is 1. The lowest BCUT2D eigenvalue weighted by molar-refractivity contribution is -0.123. The molecule has 0 spiro atoms. The molecule has 1 fully saturated rings. The van der Waals surface area contributed by atoms with Gasteiger partial charge in [0.1, 0.15) is 35.0 Å². The second-order valence-electron chi connectivity index (χ2n) is 7.40. The number of phenolic OH excluding ortho intramolecular Hbond substituents is 1. The van der Waals surface area contributed by atoms with E-state index in [9.17, 15) is 9.90 Å². The normalized spacial score (nSPS) is 20.5. The van der Waals surface area contributed by atoms with Gasteiger partial charge >= 0.3 is 0 Å². The summed E-state index contributed by atoms with van der Waals surface area (Å²) in [4.78, 5) is 16.8. The number of aromatic hydroxyl groups is 1. The monoisotopic (exact) mass is 376 g/mol. The van der Waals surface area contributed by atoms with Crippen molar-refractivity contribution in [1.29, 1.82) is 0 Å². The Morgan fingerprint density at radius 2 is 2.07 bits per heavy atom. The summed E-state index contributed by atoms with van der Waals surface area (Å²) in [7, 11) is 0. The smallest absolute Gasteiger partial charge is 0.231 e. The highest BCUT2D eigenvalue weighted by Gasteiger charge is 2.39. The molecule has 142 valence electrons. The van der Waals surface area contributed by atoms with Crippen LogP contribution >= 0.6 is 0 Å². The van der Waals surface area contributed by atoms with Gasteiger partial charge in [-0.3, -0.25) is 9.78 Å². The molecule has 3 aromatic rings. The number of fused-ring (bicyclic) bond motifs is 2. The third kappa shape index (κ3) is 3.01. The average molecular weight is 376 g/mol. The summed E-state index contributed by atoms with van der Waals surface area (Å²) in [5, 5.41) is 13.5. The van der Waals surface area contributed by atoms with Crippen molar-refractivity contribution in [1.82, 2.24) is 10.3 Å². The van der Waals surface area contributed by atoms with Crippen LogP contribution in [0.15, 0.2) is 48.7 Å². The van der Waals surface area contributed by atoms with Gasteiger partial charge in [0.2, 0.25) is 5.91 Å². The van der Waals surface area contributed by atoms with Gasteiger partial charge in [-0.25, -0.2) is 0 Å². The number of pyridine rings is 1. The molecule has 2 atom stereocenters. The van der Waals surface area contributed by atoms with Crippen molar-refractivity contribution in [2.45, 2.75) is 37.8 Å². The van der Waals surface area contributed by atoms with Crippen LogP contribution in [0.1, 0.15) is 31.2 Å². The van der Waals surface area contributed by atoms with E-state index in [1.165, 1.54) is 0 Å². The Bertz CT molecular complexity index is 1080. The number of hydrogen-bond donors (Lipinski definition) is 2. The second-order valence-corrected chi connectivity index (χ2v) is 7.40. The third-order valence-electron chi connectivity index (χ3n) is 5.22. The Labute approximate surface area is 162 Å². The van der Waals surface area contributed by atoms with Crippen LogP contribution in [0.25, 0.3) is 10.9 Å². The fourth-order valence-electron chi connectivity index (χ4n) is 3.66. The molecule has 1 aliphatic heterocycles. The van der Waals surface area contributed by atoms with Crippen LogP contribution in [0.3, 0.4) is 0 Å². The highest BCUT2D eigenvalue weighted by molar-refractivity contribution is 5.87. The summed E-state index contributed by atoms with van der Waals surface area (Å²) in [6.07, 6.45) is 3.55. The summed E-state index contributed by atoms with van der Waals surface area (Å²) in [5.41, 5.74) is 1.54. The van der Waals surface area contributed by atoms with Crippen LogP contribution in [-0.4, -0.2) is 28.1 Å². The molecule has 1 aromatic heterocycles. The Morgan fingerprint density at radius 1 is 1.21 bits per heavy atom. The van der Waals surface area contributed by atoms with Gasteiger partial charge in [0.05, 0.1) is 5.52 Å². The number of carbonyl (C=O) groups is 1. The van der Waals surface area contributed by atoms with E-state index in [0.29, 0.717) is 28.8 Å². The minimum Gasteiger partial charge on any atom is -0.508 e. The average Bonchev–Trinajstić information content (AvgIpc) is 3.41. The highest BCUT2D eigenvalue weighted by Crippen LogP contribution is 2.42. The molecule has 6 nitrogen and oxygen atoms in total. The van der Waals surface area contributed by atoms with Crippen LogP contribution in [0, 0.1) is 0 Å². The molecule has 2 unspecified atom stereocenters. The summed E-state index contributed by atoms with van der Waals surface area (Å²) in [6.45, 7) is 1.92. The van der Waals surface area contributed by atoms with Crippen molar-refractivity contribution in [3.05, 3.63) is 54.2 Å². The number of rotatable bonds is 4. The van der Waals surface area contributed by atoms with Gasteiger partial charge in [0.25, 0.3) is 0 Å². The van der Waals surface area contributed by atoms with Gasteiger partial charge in [-0.05, 0) is 44.0 Å². The van der Waals surface area contributed by atoms with E-state index in [2.05, 4.69) is 10.3 Å². The molecule has 2 heterocycles. The van der Waals surface area contributed by atoms with Crippen LogP contribution in [0.5, 0.6) is 23.0 Å². The lowest BCUT2D eigenvalue weighted by Crippen LogP contribution is -2.35. The molecular weight excluding hydrogens is 356 g/mol. The van der Waals surface area contributed by atoms with Crippen LogP contribution < -0.4 is 14.8 Å². The van der Waals surface area contributed by atoms with Gasteiger partial charge < -0.3 is 19.9 Å². The SMILES string of the molecule is CC1Oc2cc(Oc3ccnc4cc(O)ccc34)ccc2C1C(=O)NC1CC1. The van der Waals surface area contributed by atoms with Crippen LogP contribution in [-0.2, 0) is 4.79 Å². The van der Waals surface area contributed by atoms with Crippen molar-refractivity contribution in [3.63, 3.8) is 0 Å². The van der Waals surface area contributed by atoms with Crippen molar-refractivity contribution in [2.24, 2.45) is 0 Å². The maximum atomic E-state index is 12.6. The minimum atomic E-state index is -0.297. The number of aromatic nitrogens is 1. The largest absolute Gasteiger partial charge is 0.508 e. The molecule has 28 heavy (non-hydrogen) atoms. The van der Waals surface area contributed by atoms with Gasteiger partial charge in [0.15, 0.2) is 0 Å². The summed E-state index contributed by atoms with van der Waals surface area (Å²) < 4.78 is 12.0. The van der Waals surface area contributed by atoms with E-state index in [1.807, 2.05) is 25.1 Å². The minimum absolute atomic E-state index is 0.0300. The predicted molar refractivity (Wildman–Crippen MR) is 104 cm³/mol. The molecule has 6 heteroatoms.